The molecule has 0 radical (unpaired) electrons. The summed E-state index contributed by atoms with van der Waals surface area (Å²) < 4.78 is 10.6. The van der Waals surface area contributed by atoms with Crippen molar-refractivity contribution in [1.29, 1.82) is 0 Å². The van der Waals surface area contributed by atoms with Crippen molar-refractivity contribution >= 4 is 5.91 Å². The highest BCUT2D eigenvalue weighted by molar-refractivity contribution is 5.94. The molecule has 0 bridgehead atoms. The van der Waals surface area contributed by atoms with Gasteiger partial charge in [-0.05, 0) is 17.7 Å². The summed E-state index contributed by atoms with van der Waals surface area (Å²) in [5, 5.41) is 25.6. The fourth-order valence-electron chi connectivity index (χ4n) is 2.46. The third-order valence-corrected chi connectivity index (χ3v) is 3.63. The standard InChI is InChI=1S/C14H18N4O5/c1-22-14-11(16-13(21)8-5-3-2-4-6-8)10(17-18-15)12(20)9(7-19)23-14/h2-6,9-12,14,19-20H,7H2,1H3,(H,16,21)/t9-,10-,11-,12+,14-/m1/s1. The van der Waals surface area contributed by atoms with Crippen LogP contribution >= 0.6 is 0 Å². The third-order valence-electron chi connectivity index (χ3n) is 3.63. The summed E-state index contributed by atoms with van der Waals surface area (Å²) in [7, 11) is 1.35. The number of benzene rings is 1. The summed E-state index contributed by atoms with van der Waals surface area (Å²) in [6, 6.07) is 6.50. The summed E-state index contributed by atoms with van der Waals surface area (Å²) in [6.07, 6.45) is -3.22. The Kier molecular flexibility index (Phi) is 5.91. The van der Waals surface area contributed by atoms with E-state index in [9.17, 15) is 15.0 Å². The second-order valence-electron chi connectivity index (χ2n) is 5.01. The lowest BCUT2D eigenvalue weighted by Gasteiger charge is -2.42. The fraction of sp³-hybridized carbons (Fsp3) is 0.500. The molecule has 9 heteroatoms. The third kappa shape index (κ3) is 3.79. The molecule has 1 aliphatic heterocycles. The topological polar surface area (TPSA) is 137 Å². The van der Waals surface area contributed by atoms with Crippen molar-refractivity contribution < 1.29 is 24.5 Å². The van der Waals surface area contributed by atoms with Gasteiger partial charge in [-0.25, -0.2) is 0 Å². The van der Waals surface area contributed by atoms with Crippen LogP contribution in [0.5, 0.6) is 0 Å². The molecule has 1 aromatic carbocycles. The zero-order valence-electron chi connectivity index (χ0n) is 12.4. The number of amides is 1. The Morgan fingerprint density at radius 1 is 1.48 bits per heavy atom. The molecule has 1 amide bonds. The van der Waals surface area contributed by atoms with Gasteiger partial charge in [0.15, 0.2) is 6.29 Å². The van der Waals surface area contributed by atoms with Crippen LogP contribution in [0.15, 0.2) is 35.4 Å². The molecule has 23 heavy (non-hydrogen) atoms. The van der Waals surface area contributed by atoms with Crippen LogP contribution in [0.1, 0.15) is 10.4 Å². The number of ether oxygens (including phenoxy) is 2. The van der Waals surface area contributed by atoms with E-state index < -0.39 is 43.1 Å². The van der Waals surface area contributed by atoms with Gasteiger partial charge >= 0.3 is 0 Å². The highest BCUT2D eigenvalue weighted by atomic mass is 16.7. The highest BCUT2D eigenvalue weighted by Crippen LogP contribution is 2.24. The van der Waals surface area contributed by atoms with Crippen molar-refractivity contribution in [3.63, 3.8) is 0 Å². The SMILES string of the molecule is CO[C@@H]1O[C@H](CO)[C@H](O)[C@H](N=[N+]=[N-])[C@H]1NC(=O)c1ccccc1. The number of methoxy groups -OCH3 is 1. The minimum atomic E-state index is -1.27. The van der Waals surface area contributed by atoms with Gasteiger partial charge in [0.2, 0.25) is 0 Å². The largest absolute Gasteiger partial charge is 0.394 e. The van der Waals surface area contributed by atoms with Gasteiger partial charge < -0.3 is 25.0 Å². The molecule has 1 fully saturated rings. The first-order valence-corrected chi connectivity index (χ1v) is 6.99. The Morgan fingerprint density at radius 3 is 2.74 bits per heavy atom. The molecular formula is C14H18N4O5. The van der Waals surface area contributed by atoms with Crippen LogP contribution in [-0.2, 0) is 9.47 Å². The summed E-state index contributed by atoms with van der Waals surface area (Å²) in [5.41, 5.74) is 9.12. The highest BCUT2D eigenvalue weighted by Gasteiger charge is 2.45. The maximum atomic E-state index is 12.3. The number of aliphatic hydroxyl groups excluding tert-OH is 2. The van der Waals surface area contributed by atoms with E-state index in [0.717, 1.165) is 0 Å². The molecule has 1 heterocycles. The molecule has 124 valence electrons. The summed E-state index contributed by atoms with van der Waals surface area (Å²) in [4.78, 5) is 15.0. The number of carbonyl (C=O) groups excluding carboxylic acids is 1. The number of aliphatic hydroxyl groups is 2. The zero-order valence-corrected chi connectivity index (χ0v) is 12.4. The lowest BCUT2D eigenvalue weighted by atomic mass is 9.94. The van der Waals surface area contributed by atoms with E-state index in [1.165, 1.54) is 7.11 Å². The predicted molar refractivity (Wildman–Crippen MR) is 79.4 cm³/mol. The van der Waals surface area contributed by atoms with E-state index in [-0.39, 0.29) is 0 Å². The maximum absolute atomic E-state index is 12.3. The van der Waals surface area contributed by atoms with Gasteiger partial charge in [-0.2, -0.15) is 0 Å². The molecule has 0 aliphatic carbocycles. The van der Waals surface area contributed by atoms with E-state index in [1.807, 2.05) is 0 Å². The minimum Gasteiger partial charge on any atom is -0.394 e. The molecule has 0 aromatic heterocycles. The quantitative estimate of drug-likeness (QED) is 0.404. The Hall–Kier alpha value is -2.16. The molecule has 1 saturated heterocycles. The van der Waals surface area contributed by atoms with Crippen molar-refractivity contribution in [1.82, 2.24) is 5.32 Å². The van der Waals surface area contributed by atoms with Crippen LogP contribution in [0, 0.1) is 0 Å². The van der Waals surface area contributed by atoms with Gasteiger partial charge in [0, 0.05) is 17.6 Å². The Morgan fingerprint density at radius 2 is 2.17 bits per heavy atom. The van der Waals surface area contributed by atoms with Gasteiger partial charge in [0.05, 0.1) is 24.8 Å². The fourth-order valence-corrected chi connectivity index (χ4v) is 2.46. The van der Waals surface area contributed by atoms with Gasteiger partial charge in [-0.3, -0.25) is 4.79 Å². The first-order chi connectivity index (χ1) is 11.1. The first kappa shape index (κ1) is 17.2. The maximum Gasteiger partial charge on any atom is 0.251 e. The Balaban J connectivity index is 2.24. The van der Waals surface area contributed by atoms with Crippen molar-refractivity contribution in [3.8, 4) is 0 Å². The number of azide groups is 1. The molecule has 3 N–H and O–H groups in total. The zero-order chi connectivity index (χ0) is 16.8. The molecular weight excluding hydrogens is 304 g/mol. The van der Waals surface area contributed by atoms with Crippen LogP contribution in [0.4, 0.5) is 0 Å². The van der Waals surface area contributed by atoms with Crippen LogP contribution in [-0.4, -0.2) is 60.4 Å². The number of rotatable bonds is 5. The molecule has 1 aliphatic rings. The molecule has 0 saturated carbocycles. The van der Waals surface area contributed by atoms with E-state index in [4.69, 9.17) is 15.0 Å². The molecule has 2 rings (SSSR count). The van der Waals surface area contributed by atoms with Crippen LogP contribution < -0.4 is 5.32 Å². The first-order valence-electron chi connectivity index (χ1n) is 6.99. The predicted octanol–water partition coefficient (Wildman–Crippen LogP) is 0.188. The monoisotopic (exact) mass is 322 g/mol. The van der Waals surface area contributed by atoms with Gasteiger partial charge in [0.25, 0.3) is 5.91 Å². The Labute approximate surface area is 132 Å². The lowest BCUT2D eigenvalue weighted by Crippen LogP contribution is -2.63. The lowest BCUT2D eigenvalue weighted by molar-refractivity contribution is -0.236. The van der Waals surface area contributed by atoms with E-state index in [0.29, 0.717) is 5.56 Å². The second-order valence-corrected chi connectivity index (χ2v) is 5.01. The van der Waals surface area contributed by atoms with Gasteiger partial charge in [-0.15, -0.1) is 0 Å². The molecule has 0 spiro atoms. The number of hydrogen-bond donors (Lipinski definition) is 3. The molecule has 9 nitrogen and oxygen atoms in total. The van der Waals surface area contributed by atoms with Crippen LogP contribution in [0.25, 0.3) is 10.4 Å². The number of nitrogens with zero attached hydrogens (tertiary/aromatic N) is 3. The Bertz CT molecular complexity index is 578. The average Bonchev–Trinajstić information content (AvgIpc) is 2.59. The van der Waals surface area contributed by atoms with Crippen molar-refractivity contribution in [2.24, 2.45) is 5.11 Å². The van der Waals surface area contributed by atoms with E-state index >= 15 is 0 Å². The number of nitrogens with one attached hydrogen (secondary N) is 1. The van der Waals surface area contributed by atoms with Crippen molar-refractivity contribution in [3.05, 3.63) is 46.3 Å². The minimum absolute atomic E-state index is 0.404. The number of hydrogen-bond acceptors (Lipinski definition) is 6. The van der Waals surface area contributed by atoms with Crippen LogP contribution in [0.2, 0.25) is 0 Å². The number of carbonyl (C=O) groups is 1. The second kappa shape index (κ2) is 7.91. The van der Waals surface area contributed by atoms with Crippen molar-refractivity contribution in [2.45, 2.75) is 30.6 Å². The summed E-state index contributed by atoms with van der Waals surface area (Å²) in [6.45, 7) is -0.474. The average molecular weight is 322 g/mol. The summed E-state index contributed by atoms with van der Waals surface area (Å²) in [5.74, 6) is -0.422. The molecule has 1 aromatic rings. The van der Waals surface area contributed by atoms with Crippen LogP contribution in [0.3, 0.4) is 0 Å². The van der Waals surface area contributed by atoms with E-state index in [2.05, 4.69) is 15.3 Å². The van der Waals surface area contributed by atoms with Gasteiger partial charge in [-0.1, -0.05) is 23.3 Å². The summed E-state index contributed by atoms with van der Waals surface area (Å²) >= 11 is 0. The van der Waals surface area contributed by atoms with Gasteiger partial charge in [0.1, 0.15) is 6.10 Å². The molecule has 5 atom stereocenters. The smallest absolute Gasteiger partial charge is 0.251 e. The molecule has 0 unspecified atom stereocenters. The van der Waals surface area contributed by atoms with E-state index in [1.54, 1.807) is 30.3 Å². The normalized spacial score (nSPS) is 30.3. The van der Waals surface area contributed by atoms with Crippen molar-refractivity contribution in [2.75, 3.05) is 13.7 Å².